The Morgan fingerprint density at radius 2 is 2.18 bits per heavy atom. The normalized spacial score (nSPS) is 10.5. The van der Waals surface area contributed by atoms with Gasteiger partial charge in [0.25, 0.3) is 0 Å². The molecule has 118 valence electrons. The van der Waals surface area contributed by atoms with Gasteiger partial charge < -0.3 is 14.8 Å². The number of imidazole rings is 1. The highest BCUT2D eigenvalue weighted by Gasteiger charge is 2.14. The van der Waals surface area contributed by atoms with Crippen LogP contribution in [0.3, 0.4) is 0 Å². The van der Waals surface area contributed by atoms with Crippen molar-refractivity contribution in [1.82, 2.24) is 19.8 Å². The second kappa shape index (κ2) is 7.64. The lowest BCUT2D eigenvalue weighted by Gasteiger charge is -2.21. The number of amides is 2. The van der Waals surface area contributed by atoms with E-state index in [1.54, 1.807) is 11.1 Å². The van der Waals surface area contributed by atoms with Crippen LogP contribution in [0.4, 0.5) is 4.79 Å². The molecule has 0 fully saturated rings. The number of rotatable bonds is 6. The molecule has 2 rings (SSSR count). The number of benzene rings is 1. The fourth-order valence-corrected chi connectivity index (χ4v) is 2.40. The van der Waals surface area contributed by atoms with E-state index in [9.17, 15) is 4.79 Å². The zero-order valence-corrected chi connectivity index (χ0v) is 13.5. The molecule has 22 heavy (non-hydrogen) atoms. The summed E-state index contributed by atoms with van der Waals surface area (Å²) in [6, 6.07) is 8.39. The lowest BCUT2D eigenvalue weighted by molar-refractivity contribution is 0.196. The minimum Gasteiger partial charge on any atom is -0.338 e. The Labute approximate surface area is 132 Å². The molecule has 2 aromatic rings. The molecule has 0 aliphatic rings. The van der Waals surface area contributed by atoms with Gasteiger partial charge in [-0.2, -0.15) is 0 Å². The fraction of sp³-hybridized carbons (Fsp3) is 0.412. The number of hydrogen-bond acceptors (Lipinski definition) is 2. The number of aromatic nitrogens is 2. The highest BCUT2D eigenvalue weighted by atomic mass is 16.2. The van der Waals surface area contributed by atoms with Gasteiger partial charge in [0.05, 0.1) is 6.54 Å². The van der Waals surface area contributed by atoms with E-state index in [1.807, 2.05) is 20.0 Å². The Balaban J connectivity index is 2.10. The summed E-state index contributed by atoms with van der Waals surface area (Å²) in [5.74, 6) is 0.898. The van der Waals surface area contributed by atoms with Crippen LogP contribution in [0.25, 0.3) is 0 Å². The van der Waals surface area contributed by atoms with Crippen LogP contribution in [0.1, 0.15) is 30.8 Å². The van der Waals surface area contributed by atoms with Crippen molar-refractivity contribution < 1.29 is 4.79 Å². The predicted molar refractivity (Wildman–Crippen MR) is 87.7 cm³/mol. The predicted octanol–water partition coefficient (Wildman–Crippen LogP) is 2.79. The van der Waals surface area contributed by atoms with Gasteiger partial charge in [-0.3, -0.25) is 0 Å². The third kappa shape index (κ3) is 4.10. The summed E-state index contributed by atoms with van der Waals surface area (Å²) in [6.45, 7) is 8.56. The van der Waals surface area contributed by atoms with Crippen LogP contribution in [0.15, 0.2) is 36.7 Å². The molecular formula is C17H24N4O. The molecule has 1 N–H and O–H groups in total. The minimum atomic E-state index is -0.0462. The molecule has 0 radical (unpaired) electrons. The van der Waals surface area contributed by atoms with Gasteiger partial charge in [-0.15, -0.1) is 0 Å². The molecule has 0 saturated heterocycles. The van der Waals surface area contributed by atoms with Gasteiger partial charge in [-0.05, 0) is 26.3 Å². The molecule has 0 atom stereocenters. The lowest BCUT2D eigenvalue weighted by atomic mass is 10.1. The molecule has 1 heterocycles. The number of carbonyl (C=O) groups excluding carboxylic acids is 1. The summed E-state index contributed by atoms with van der Waals surface area (Å²) in [7, 11) is 0. The van der Waals surface area contributed by atoms with Crippen LogP contribution in [0, 0.1) is 6.92 Å². The third-order valence-electron chi connectivity index (χ3n) is 3.57. The first-order valence-corrected chi connectivity index (χ1v) is 7.72. The van der Waals surface area contributed by atoms with E-state index < -0.39 is 0 Å². The summed E-state index contributed by atoms with van der Waals surface area (Å²) in [5, 5.41) is 2.84. The van der Waals surface area contributed by atoms with Gasteiger partial charge >= 0.3 is 6.03 Å². The van der Waals surface area contributed by atoms with Gasteiger partial charge in [0.1, 0.15) is 5.82 Å². The first-order chi connectivity index (χ1) is 10.6. The molecule has 0 saturated carbocycles. The summed E-state index contributed by atoms with van der Waals surface area (Å²) < 4.78 is 2.09. The summed E-state index contributed by atoms with van der Waals surface area (Å²) >= 11 is 0. The number of aryl methyl sites for hydroxylation is 1. The van der Waals surface area contributed by atoms with Crippen molar-refractivity contribution in [2.24, 2.45) is 0 Å². The Bertz CT molecular complexity index is 621. The van der Waals surface area contributed by atoms with E-state index in [0.717, 1.165) is 12.4 Å². The Hall–Kier alpha value is -2.30. The van der Waals surface area contributed by atoms with E-state index in [4.69, 9.17) is 0 Å². The molecule has 0 aliphatic carbocycles. The maximum Gasteiger partial charge on any atom is 0.317 e. The van der Waals surface area contributed by atoms with Gasteiger partial charge in [0.2, 0.25) is 0 Å². The van der Waals surface area contributed by atoms with E-state index in [-0.39, 0.29) is 6.03 Å². The standard InChI is InChI=1S/C17H24N4O/c1-4-18-17(22)20(5-2)13-16-19-9-10-21(16)12-15-8-6-7-14(3)11-15/h6-11H,4-5,12-13H2,1-3H3,(H,18,22). The highest BCUT2D eigenvalue weighted by Crippen LogP contribution is 2.10. The smallest absolute Gasteiger partial charge is 0.317 e. The Kier molecular flexibility index (Phi) is 5.58. The van der Waals surface area contributed by atoms with Crippen molar-refractivity contribution in [3.63, 3.8) is 0 Å². The highest BCUT2D eigenvalue weighted by molar-refractivity contribution is 5.73. The van der Waals surface area contributed by atoms with Gasteiger partial charge in [0.15, 0.2) is 0 Å². The van der Waals surface area contributed by atoms with Gasteiger partial charge in [-0.1, -0.05) is 29.8 Å². The van der Waals surface area contributed by atoms with Crippen LogP contribution in [0.2, 0.25) is 0 Å². The van der Waals surface area contributed by atoms with Crippen LogP contribution in [-0.2, 0) is 13.1 Å². The fourth-order valence-electron chi connectivity index (χ4n) is 2.40. The van der Waals surface area contributed by atoms with Gasteiger partial charge in [-0.25, -0.2) is 9.78 Å². The van der Waals surface area contributed by atoms with Crippen molar-refractivity contribution >= 4 is 6.03 Å². The number of hydrogen-bond donors (Lipinski definition) is 1. The topological polar surface area (TPSA) is 50.2 Å². The van der Waals surface area contributed by atoms with Crippen molar-refractivity contribution in [3.05, 3.63) is 53.6 Å². The summed E-state index contributed by atoms with van der Waals surface area (Å²) in [5.41, 5.74) is 2.48. The van der Waals surface area contributed by atoms with Crippen molar-refractivity contribution in [1.29, 1.82) is 0 Å². The summed E-state index contributed by atoms with van der Waals surface area (Å²) in [4.78, 5) is 18.2. The van der Waals surface area contributed by atoms with Gasteiger partial charge in [0, 0.05) is 32.0 Å². The number of carbonyl (C=O) groups is 1. The second-order valence-corrected chi connectivity index (χ2v) is 5.31. The maximum atomic E-state index is 12.0. The van der Waals surface area contributed by atoms with Crippen LogP contribution in [0.5, 0.6) is 0 Å². The van der Waals surface area contributed by atoms with Crippen LogP contribution < -0.4 is 5.32 Å². The molecule has 1 aromatic carbocycles. The van der Waals surface area contributed by atoms with Crippen molar-refractivity contribution in [2.75, 3.05) is 13.1 Å². The van der Waals surface area contributed by atoms with E-state index >= 15 is 0 Å². The average Bonchev–Trinajstić information content (AvgIpc) is 2.92. The third-order valence-corrected chi connectivity index (χ3v) is 3.57. The molecule has 5 nitrogen and oxygen atoms in total. The molecular weight excluding hydrogens is 276 g/mol. The molecule has 5 heteroatoms. The number of nitrogens with one attached hydrogen (secondary N) is 1. The number of nitrogens with zero attached hydrogens (tertiary/aromatic N) is 3. The van der Waals surface area contributed by atoms with Crippen LogP contribution >= 0.6 is 0 Å². The van der Waals surface area contributed by atoms with E-state index in [2.05, 4.69) is 46.1 Å². The molecule has 0 spiro atoms. The second-order valence-electron chi connectivity index (χ2n) is 5.31. The van der Waals surface area contributed by atoms with Crippen molar-refractivity contribution in [2.45, 2.75) is 33.9 Å². The Morgan fingerprint density at radius 1 is 1.36 bits per heavy atom. The van der Waals surface area contributed by atoms with E-state index in [0.29, 0.717) is 19.6 Å². The molecule has 0 unspecified atom stereocenters. The average molecular weight is 300 g/mol. The first kappa shape index (κ1) is 16.1. The Morgan fingerprint density at radius 3 is 2.86 bits per heavy atom. The molecule has 2 amide bonds. The van der Waals surface area contributed by atoms with E-state index in [1.165, 1.54) is 11.1 Å². The quantitative estimate of drug-likeness (QED) is 0.892. The lowest BCUT2D eigenvalue weighted by Crippen LogP contribution is -2.39. The SMILES string of the molecule is CCNC(=O)N(CC)Cc1nccn1Cc1cccc(C)c1. The zero-order chi connectivity index (χ0) is 15.9. The first-order valence-electron chi connectivity index (χ1n) is 7.72. The monoisotopic (exact) mass is 300 g/mol. The molecule has 0 aliphatic heterocycles. The van der Waals surface area contributed by atoms with Crippen LogP contribution in [-0.4, -0.2) is 33.6 Å². The molecule has 1 aromatic heterocycles. The summed E-state index contributed by atoms with van der Waals surface area (Å²) in [6.07, 6.45) is 3.75. The van der Waals surface area contributed by atoms with Crippen molar-refractivity contribution in [3.8, 4) is 0 Å². The maximum absolute atomic E-state index is 12.0. The minimum absolute atomic E-state index is 0.0462. The molecule has 0 bridgehead atoms. The zero-order valence-electron chi connectivity index (χ0n) is 13.5. The number of urea groups is 1. The largest absolute Gasteiger partial charge is 0.338 e.